The van der Waals surface area contributed by atoms with E-state index in [1.807, 2.05) is 27.0 Å². The van der Waals surface area contributed by atoms with E-state index in [0.29, 0.717) is 12.4 Å². The molecule has 20 heavy (non-hydrogen) atoms. The minimum atomic E-state index is -0.819. The van der Waals surface area contributed by atoms with Crippen LogP contribution in [0.15, 0.2) is 6.07 Å². The lowest BCUT2D eigenvalue weighted by Gasteiger charge is -2.09. The van der Waals surface area contributed by atoms with Crippen LogP contribution in [0.25, 0.3) is 11.5 Å². The molecular weight excluding hydrogens is 260 g/mol. The maximum atomic E-state index is 10.7. The topological polar surface area (TPSA) is 98.7 Å². The van der Waals surface area contributed by atoms with E-state index in [1.165, 1.54) is 0 Å². The number of carbonyl (C=O) groups is 1. The van der Waals surface area contributed by atoms with Crippen LogP contribution in [-0.2, 0) is 24.8 Å². The van der Waals surface area contributed by atoms with Gasteiger partial charge in [0, 0.05) is 20.0 Å². The van der Waals surface area contributed by atoms with Crippen molar-refractivity contribution in [2.24, 2.45) is 13.0 Å². The Morgan fingerprint density at radius 1 is 1.50 bits per heavy atom. The molecule has 0 saturated carbocycles. The first-order chi connectivity index (χ1) is 9.51. The molecule has 1 N–H and O–H groups in total. The normalized spacial score (nSPS) is 12.6. The highest BCUT2D eigenvalue weighted by atomic mass is 16.4. The van der Waals surface area contributed by atoms with Gasteiger partial charge < -0.3 is 5.11 Å². The molecule has 0 radical (unpaired) electrons. The molecule has 0 bridgehead atoms. The Balaban J connectivity index is 2.23. The number of hydrogen-bond donors (Lipinski definition) is 1. The number of aromatic nitrogens is 6. The van der Waals surface area contributed by atoms with E-state index in [4.69, 9.17) is 5.11 Å². The van der Waals surface area contributed by atoms with Crippen molar-refractivity contribution < 1.29 is 9.90 Å². The van der Waals surface area contributed by atoms with E-state index >= 15 is 0 Å². The van der Waals surface area contributed by atoms with Gasteiger partial charge in [-0.25, -0.2) is 4.68 Å². The lowest BCUT2D eigenvalue weighted by atomic mass is 10.1. The second-order valence-electron chi connectivity index (χ2n) is 4.89. The van der Waals surface area contributed by atoms with Crippen LogP contribution in [-0.4, -0.2) is 41.1 Å². The van der Waals surface area contributed by atoms with E-state index in [0.717, 1.165) is 17.8 Å². The van der Waals surface area contributed by atoms with Crippen LogP contribution < -0.4 is 0 Å². The summed E-state index contributed by atoms with van der Waals surface area (Å²) in [6, 6.07) is 1.95. The number of aliphatic carboxylic acids is 1. The van der Waals surface area contributed by atoms with Crippen molar-refractivity contribution in [1.82, 2.24) is 30.0 Å². The molecule has 0 aliphatic heterocycles. The quantitative estimate of drug-likeness (QED) is 0.837. The lowest BCUT2D eigenvalue weighted by Crippen LogP contribution is -2.14. The molecule has 2 rings (SSSR count). The largest absolute Gasteiger partial charge is 0.481 e. The smallest absolute Gasteiger partial charge is 0.303 e. The highest BCUT2D eigenvalue weighted by Gasteiger charge is 2.17. The molecule has 0 fully saturated rings. The summed E-state index contributed by atoms with van der Waals surface area (Å²) in [6.07, 6.45) is 0.926. The van der Waals surface area contributed by atoms with Gasteiger partial charge in [-0.1, -0.05) is 13.8 Å². The fourth-order valence-electron chi connectivity index (χ4n) is 2.08. The van der Waals surface area contributed by atoms with Gasteiger partial charge in [-0.15, -0.1) is 5.10 Å². The maximum absolute atomic E-state index is 10.7. The van der Waals surface area contributed by atoms with Crippen LogP contribution in [0.2, 0.25) is 0 Å². The molecule has 1 atom stereocenters. The van der Waals surface area contributed by atoms with Gasteiger partial charge in [0.05, 0.1) is 5.69 Å². The molecule has 108 valence electrons. The molecule has 2 heterocycles. The van der Waals surface area contributed by atoms with Crippen LogP contribution in [0.4, 0.5) is 0 Å². The van der Waals surface area contributed by atoms with Crippen molar-refractivity contribution in [2.45, 2.75) is 33.2 Å². The summed E-state index contributed by atoms with van der Waals surface area (Å²) >= 11 is 0. The molecule has 2 aromatic heterocycles. The van der Waals surface area contributed by atoms with Crippen LogP contribution in [0, 0.1) is 5.92 Å². The zero-order valence-corrected chi connectivity index (χ0v) is 11.8. The van der Waals surface area contributed by atoms with Crippen molar-refractivity contribution in [3.8, 4) is 11.5 Å². The number of carboxylic acid groups (broad SMARTS) is 1. The molecule has 0 saturated heterocycles. The summed E-state index contributed by atoms with van der Waals surface area (Å²) in [5, 5.41) is 24.8. The van der Waals surface area contributed by atoms with Crippen LogP contribution in [0.1, 0.15) is 26.0 Å². The van der Waals surface area contributed by atoms with E-state index in [2.05, 4.69) is 20.6 Å². The molecule has 1 unspecified atom stereocenters. The Hall–Kier alpha value is -2.25. The van der Waals surface area contributed by atoms with Crippen molar-refractivity contribution in [1.29, 1.82) is 0 Å². The van der Waals surface area contributed by atoms with Gasteiger partial charge in [-0.2, -0.15) is 5.10 Å². The minimum absolute atomic E-state index is 0.0476. The van der Waals surface area contributed by atoms with Crippen LogP contribution in [0.5, 0.6) is 0 Å². The van der Waals surface area contributed by atoms with Gasteiger partial charge in [0.25, 0.3) is 0 Å². The minimum Gasteiger partial charge on any atom is -0.481 e. The Morgan fingerprint density at radius 2 is 2.25 bits per heavy atom. The standard InChI is InChI=1S/C12H18N6O2/c1-4-9-6-10(17(3)14-9)12-13-15-16-18(12)7-8(2)5-11(19)20/h6,8H,4-5,7H2,1-3H3,(H,19,20). The third-order valence-electron chi connectivity index (χ3n) is 3.06. The lowest BCUT2D eigenvalue weighted by molar-refractivity contribution is -0.138. The maximum Gasteiger partial charge on any atom is 0.303 e. The summed E-state index contributed by atoms with van der Waals surface area (Å²) in [6.45, 7) is 4.35. The van der Waals surface area contributed by atoms with Crippen molar-refractivity contribution >= 4 is 5.97 Å². The first-order valence-corrected chi connectivity index (χ1v) is 6.52. The number of tetrazole rings is 1. The predicted octanol–water partition coefficient (Wildman–Crippen LogP) is 0.747. The van der Waals surface area contributed by atoms with Gasteiger partial charge in [-0.05, 0) is 28.8 Å². The fourth-order valence-corrected chi connectivity index (χ4v) is 2.08. The Morgan fingerprint density at radius 3 is 2.85 bits per heavy atom. The van der Waals surface area contributed by atoms with E-state index in [9.17, 15) is 4.79 Å². The molecule has 8 nitrogen and oxygen atoms in total. The second kappa shape index (κ2) is 5.81. The summed E-state index contributed by atoms with van der Waals surface area (Å²) in [5.74, 6) is -0.258. The first-order valence-electron chi connectivity index (χ1n) is 6.52. The van der Waals surface area contributed by atoms with Gasteiger partial charge in [-0.3, -0.25) is 9.48 Å². The third kappa shape index (κ3) is 3.01. The number of rotatable bonds is 6. The molecule has 0 aromatic carbocycles. The Bertz CT molecular complexity index is 603. The zero-order valence-electron chi connectivity index (χ0n) is 11.8. The number of nitrogens with zero attached hydrogens (tertiary/aromatic N) is 6. The van der Waals surface area contributed by atoms with Gasteiger partial charge in [0.1, 0.15) is 5.69 Å². The Labute approximate surface area is 116 Å². The van der Waals surface area contributed by atoms with Crippen LogP contribution >= 0.6 is 0 Å². The van der Waals surface area contributed by atoms with Gasteiger partial charge in [0.15, 0.2) is 5.82 Å². The highest BCUT2D eigenvalue weighted by molar-refractivity contribution is 5.66. The molecule has 0 aliphatic carbocycles. The molecule has 2 aromatic rings. The molecule has 0 spiro atoms. The molecule has 8 heteroatoms. The van der Waals surface area contributed by atoms with Gasteiger partial charge >= 0.3 is 5.97 Å². The Kier molecular flexibility index (Phi) is 4.11. The molecular formula is C12H18N6O2. The number of hydrogen-bond acceptors (Lipinski definition) is 5. The SMILES string of the molecule is CCc1cc(-c2nnnn2CC(C)CC(=O)O)n(C)n1. The monoisotopic (exact) mass is 278 g/mol. The molecule has 0 amide bonds. The number of aryl methyl sites for hydroxylation is 2. The summed E-state index contributed by atoms with van der Waals surface area (Å²) in [7, 11) is 1.84. The second-order valence-corrected chi connectivity index (χ2v) is 4.89. The van der Waals surface area contributed by atoms with Crippen LogP contribution in [0.3, 0.4) is 0 Å². The van der Waals surface area contributed by atoms with Crippen molar-refractivity contribution in [3.63, 3.8) is 0 Å². The average Bonchev–Trinajstić information content (AvgIpc) is 2.94. The summed E-state index contributed by atoms with van der Waals surface area (Å²) < 4.78 is 3.37. The number of carboxylic acids is 1. The third-order valence-corrected chi connectivity index (χ3v) is 3.06. The zero-order chi connectivity index (χ0) is 14.7. The predicted molar refractivity (Wildman–Crippen MR) is 70.8 cm³/mol. The first kappa shape index (κ1) is 14.2. The summed E-state index contributed by atoms with van der Waals surface area (Å²) in [4.78, 5) is 10.7. The van der Waals surface area contributed by atoms with E-state index < -0.39 is 5.97 Å². The summed E-state index contributed by atoms with van der Waals surface area (Å²) in [5.41, 5.74) is 1.80. The molecule has 0 aliphatic rings. The average molecular weight is 278 g/mol. The van der Waals surface area contributed by atoms with E-state index in [1.54, 1.807) is 9.36 Å². The highest BCUT2D eigenvalue weighted by Crippen LogP contribution is 2.18. The van der Waals surface area contributed by atoms with Gasteiger partial charge in [0.2, 0.25) is 0 Å². The van der Waals surface area contributed by atoms with E-state index in [-0.39, 0.29) is 12.3 Å². The van der Waals surface area contributed by atoms with Crippen molar-refractivity contribution in [2.75, 3.05) is 0 Å². The van der Waals surface area contributed by atoms with Crippen molar-refractivity contribution in [3.05, 3.63) is 11.8 Å². The fraction of sp³-hybridized carbons (Fsp3) is 0.583.